The van der Waals surface area contributed by atoms with Crippen LogP contribution < -0.4 is 0 Å². The lowest BCUT2D eigenvalue weighted by molar-refractivity contribution is 0.0692. The van der Waals surface area contributed by atoms with E-state index in [4.69, 9.17) is 23.2 Å². The van der Waals surface area contributed by atoms with Gasteiger partial charge in [-0.15, -0.1) is 0 Å². The Morgan fingerprint density at radius 2 is 1.69 bits per heavy atom. The normalized spacial score (nSPS) is 11.4. The molecule has 0 aliphatic carbocycles. The average Bonchev–Trinajstić information content (AvgIpc) is 3.01. The Morgan fingerprint density at radius 3 is 2.15 bits per heavy atom. The van der Waals surface area contributed by atoms with E-state index in [0.717, 1.165) is 18.3 Å². The van der Waals surface area contributed by atoms with E-state index in [0.29, 0.717) is 17.8 Å². The van der Waals surface area contributed by atoms with Crippen LogP contribution >= 0.6 is 23.2 Å². The number of benzene rings is 1. The van der Waals surface area contributed by atoms with Crippen LogP contribution in [0.25, 0.3) is 0 Å². The number of carbonyl (C=O) groups excluding carboxylic acids is 1. The summed E-state index contributed by atoms with van der Waals surface area (Å²) in [4.78, 5) is 24.9. The molecule has 0 spiro atoms. The molecule has 0 unspecified atom stereocenters. The van der Waals surface area contributed by atoms with Crippen molar-refractivity contribution < 1.29 is 23.1 Å². The van der Waals surface area contributed by atoms with Crippen molar-refractivity contribution in [1.29, 1.82) is 0 Å². The molecule has 1 amide bonds. The predicted molar refractivity (Wildman–Crippen MR) is 94.8 cm³/mol. The molecular weight excluding hydrogens is 405 g/mol. The highest BCUT2D eigenvalue weighted by Crippen LogP contribution is 2.28. The summed E-state index contributed by atoms with van der Waals surface area (Å²) in [6.45, 7) is 4.16. The first-order valence-corrected chi connectivity index (χ1v) is 9.69. The molecule has 2 rings (SSSR count). The van der Waals surface area contributed by atoms with Gasteiger partial charge in [0.2, 0.25) is 9.84 Å². The fourth-order valence-corrected chi connectivity index (χ4v) is 4.30. The summed E-state index contributed by atoms with van der Waals surface area (Å²) in [5.41, 5.74) is -0.624. The van der Waals surface area contributed by atoms with Gasteiger partial charge in [0.05, 0.1) is 11.1 Å². The van der Waals surface area contributed by atoms with E-state index in [1.54, 1.807) is 13.8 Å². The van der Waals surface area contributed by atoms with Crippen LogP contribution in [0.3, 0.4) is 0 Å². The molecule has 140 valence electrons. The third kappa shape index (κ3) is 3.84. The minimum atomic E-state index is -4.36. The number of nitrogens with zero attached hydrogens (tertiary/aromatic N) is 3. The van der Waals surface area contributed by atoms with Gasteiger partial charge in [-0.05, 0) is 32.0 Å². The minimum Gasteiger partial charge on any atom is -0.478 e. The molecule has 0 saturated carbocycles. The van der Waals surface area contributed by atoms with Gasteiger partial charge in [0, 0.05) is 23.1 Å². The Balaban J connectivity index is 2.64. The fourth-order valence-electron chi connectivity index (χ4n) is 2.24. The molecule has 2 aromatic rings. The number of carbonyl (C=O) groups is 2. The second-order valence-corrected chi connectivity index (χ2v) is 7.90. The van der Waals surface area contributed by atoms with Crippen LogP contribution in [0.2, 0.25) is 10.0 Å². The second-order valence-electron chi connectivity index (χ2n) is 5.16. The zero-order valence-electron chi connectivity index (χ0n) is 13.8. The van der Waals surface area contributed by atoms with E-state index >= 15 is 0 Å². The lowest BCUT2D eigenvalue weighted by Crippen LogP contribution is -2.34. The molecule has 1 N–H and O–H groups in total. The fraction of sp³-hybridized carbons (Fsp3) is 0.267. The van der Waals surface area contributed by atoms with Crippen LogP contribution in [-0.4, -0.2) is 53.3 Å². The zero-order chi connectivity index (χ0) is 19.6. The van der Waals surface area contributed by atoms with Crippen LogP contribution in [0.5, 0.6) is 0 Å². The van der Waals surface area contributed by atoms with Crippen LogP contribution in [0, 0.1) is 0 Å². The highest BCUT2D eigenvalue weighted by molar-refractivity contribution is 7.91. The van der Waals surface area contributed by atoms with E-state index in [9.17, 15) is 23.1 Å². The van der Waals surface area contributed by atoms with Gasteiger partial charge in [-0.3, -0.25) is 0 Å². The molecule has 0 radical (unpaired) electrons. The smallest absolute Gasteiger partial charge is 0.344 e. The van der Waals surface area contributed by atoms with Crippen LogP contribution in [0.1, 0.15) is 24.2 Å². The lowest BCUT2D eigenvalue weighted by Gasteiger charge is -2.17. The second kappa shape index (κ2) is 7.65. The van der Waals surface area contributed by atoms with Gasteiger partial charge in [0.1, 0.15) is 5.56 Å². The molecule has 11 heteroatoms. The molecule has 0 aliphatic heterocycles. The monoisotopic (exact) mass is 419 g/mol. The maximum absolute atomic E-state index is 12.8. The summed E-state index contributed by atoms with van der Waals surface area (Å²) < 4.78 is 26.4. The molecule has 0 atom stereocenters. The largest absolute Gasteiger partial charge is 0.478 e. The summed E-state index contributed by atoms with van der Waals surface area (Å²) in [6.07, 6.45) is 0.877. The number of carboxylic acids is 1. The molecule has 0 fully saturated rings. The van der Waals surface area contributed by atoms with E-state index in [-0.39, 0.29) is 14.9 Å². The highest BCUT2D eigenvalue weighted by Gasteiger charge is 2.31. The predicted octanol–water partition coefficient (Wildman–Crippen LogP) is 3.03. The number of hydrogen-bond acceptors (Lipinski definition) is 5. The van der Waals surface area contributed by atoms with Crippen LogP contribution in [0.15, 0.2) is 34.3 Å². The van der Waals surface area contributed by atoms with E-state index in [2.05, 4.69) is 5.10 Å². The average molecular weight is 420 g/mol. The summed E-state index contributed by atoms with van der Waals surface area (Å²) in [5.74, 6) is -1.53. The number of carboxylic acid groups (broad SMARTS) is 1. The molecule has 0 aliphatic rings. The van der Waals surface area contributed by atoms with Gasteiger partial charge in [-0.2, -0.15) is 9.78 Å². The molecule has 0 bridgehead atoms. The first kappa shape index (κ1) is 20.2. The lowest BCUT2D eigenvalue weighted by atomic mass is 10.4. The summed E-state index contributed by atoms with van der Waals surface area (Å²) in [5, 5.41) is 12.4. The van der Waals surface area contributed by atoms with Crippen molar-refractivity contribution in [3.63, 3.8) is 0 Å². The van der Waals surface area contributed by atoms with Gasteiger partial charge >= 0.3 is 12.0 Å². The van der Waals surface area contributed by atoms with E-state index < -0.39 is 32.4 Å². The third-order valence-corrected chi connectivity index (χ3v) is 5.65. The minimum absolute atomic E-state index is 0.0617. The molecule has 8 nitrogen and oxygen atoms in total. The molecule has 1 aromatic carbocycles. The topological polar surface area (TPSA) is 110 Å². The van der Waals surface area contributed by atoms with Gasteiger partial charge in [0.25, 0.3) is 0 Å². The maximum Gasteiger partial charge on any atom is 0.344 e. The van der Waals surface area contributed by atoms with Gasteiger partial charge in [0.15, 0.2) is 5.03 Å². The van der Waals surface area contributed by atoms with Crippen molar-refractivity contribution in [2.75, 3.05) is 13.1 Å². The first-order chi connectivity index (χ1) is 12.1. The SMILES string of the molecule is CCN(CC)C(=O)n1cc(C(=O)O)c(S(=O)(=O)c2cc(Cl)cc(Cl)c2)n1. The van der Waals surface area contributed by atoms with Crippen molar-refractivity contribution in [3.8, 4) is 0 Å². The Morgan fingerprint density at radius 1 is 1.15 bits per heavy atom. The Hall–Kier alpha value is -2.10. The summed E-state index contributed by atoms with van der Waals surface area (Å²) >= 11 is 11.7. The number of hydrogen-bond donors (Lipinski definition) is 1. The Labute approximate surface area is 159 Å². The quantitative estimate of drug-likeness (QED) is 0.797. The molecule has 0 saturated heterocycles. The number of aromatic nitrogens is 2. The maximum atomic E-state index is 12.8. The Kier molecular flexibility index (Phi) is 5.94. The number of sulfone groups is 1. The summed E-state index contributed by atoms with van der Waals surface area (Å²) in [6, 6.07) is 2.95. The van der Waals surface area contributed by atoms with Crippen molar-refractivity contribution in [2.45, 2.75) is 23.8 Å². The Bertz CT molecular complexity index is 947. The molecule has 26 heavy (non-hydrogen) atoms. The number of amides is 1. The molecule has 1 aromatic heterocycles. The summed E-state index contributed by atoms with van der Waals surface area (Å²) in [7, 11) is -4.36. The van der Waals surface area contributed by atoms with Crippen LogP contribution in [-0.2, 0) is 9.84 Å². The molecular formula is C15H15Cl2N3O5S. The van der Waals surface area contributed by atoms with Gasteiger partial charge in [-0.1, -0.05) is 23.2 Å². The van der Waals surface area contributed by atoms with Gasteiger partial charge < -0.3 is 10.0 Å². The number of aromatic carboxylic acids is 1. The van der Waals surface area contributed by atoms with E-state index in [1.807, 2.05) is 0 Å². The van der Waals surface area contributed by atoms with E-state index in [1.165, 1.54) is 11.0 Å². The number of rotatable bonds is 5. The molecule has 1 heterocycles. The first-order valence-electron chi connectivity index (χ1n) is 7.45. The van der Waals surface area contributed by atoms with Gasteiger partial charge in [-0.25, -0.2) is 18.0 Å². The van der Waals surface area contributed by atoms with Crippen molar-refractivity contribution in [1.82, 2.24) is 14.7 Å². The zero-order valence-corrected chi connectivity index (χ0v) is 16.1. The van der Waals surface area contributed by atoms with Crippen molar-refractivity contribution in [3.05, 3.63) is 40.0 Å². The standard InChI is InChI=1S/C15H15Cl2N3O5S/c1-3-19(4-2)15(23)20-8-12(14(21)22)13(18-20)26(24,25)11-6-9(16)5-10(17)7-11/h5-8H,3-4H2,1-2H3,(H,21,22). The third-order valence-electron chi connectivity index (χ3n) is 3.54. The van der Waals surface area contributed by atoms with Crippen LogP contribution in [0.4, 0.5) is 4.79 Å². The highest BCUT2D eigenvalue weighted by atomic mass is 35.5. The van der Waals surface area contributed by atoms with Crippen molar-refractivity contribution in [2.24, 2.45) is 0 Å². The number of halogens is 2. The van der Waals surface area contributed by atoms with Crippen molar-refractivity contribution >= 4 is 45.0 Å².